The lowest BCUT2D eigenvalue weighted by Crippen LogP contribution is -2.26. The highest BCUT2D eigenvalue weighted by atomic mass is 19.4. The van der Waals surface area contributed by atoms with Gasteiger partial charge >= 0.3 is 18.1 Å². The standard InChI is InChI=1S/C19H16F3NO6/c1-2-28-17(24)16(18(25)29-11-12-6-4-3-5-7-12)13-8-9-15(23(26)27)14(10-13)19(20,21)22/h3-10,16H,2,11H2,1H3. The molecule has 154 valence electrons. The van der Waals surface area contributed by atoms with Crippen LogP contribution < -0.4 is 0 Å². The summed E-state index contributed by atoms with van der Waals surface area (Å²) in [5.41, 5.74) is -2.59. The topological polar surface area (TPSA) is 95.7 Å². The van der Waals surface area contributed by atoms with Crippen molar-refractivity contribution in [3.05, 3.63) is 75.3 Å². The van der Waals surface area contributed by atoms with Crippen molar-refractivity contribution in [3.8, 4) is 0 Å². The van der Waals surface area contributed by atoms with E-state index in [-0.39, 0.29) is 13.2 Å². The van der Waals surface area contributed by atoms with Crippen molar-refractivity contribution >= 4 is 17.6 Å². The van der Waals surface area contributed by atoms with Gasteiger partial charge in [0.1, 0.15) is 12.2 Å². The summed E-state index contributed by atoms with van der Waals surface area (Å²) in [4.78, 5) is 34.4. The van der Waals surface area contributed by atoms with Gasteiger partial charge in [0.05, 0.1) is 11.5 Å². The summed E-state index contributed by atoms with van der Waals surface area (Å²) >= 11 is 0. The number of carbonyl (C=O) groups is 2. The number of ether oxygens (including phenoxy) is 2. The van der Waals surface area contributed by atoms with Gasteiger partial charge in [-0.15, -0.1) is 0 Å². The Labute approximate surface area is 163 Å². The zero-order valence-corrected chi connectivity index (χ0v) is 15.1. The highest BCUT2D eigenvalue weighted by Crippen LogP contribution is 2.38. The van der Waals surface area contributed by atoms with E-state index >= 15 is 0 Å². The van der Waals surface area contributed by atoms with Gasteiger partial charge < -0.3 is 9.47 Å². The summed E-state index contributed by atoms with van der Waals surface area (Å²) in [6.07, 6.45) is -5.06. The molecule has 0 bridgehead atoms. The molecule has 0 aliphatic heterocycles. The normalized spacial score (nSPS) is 12.1. The summed E-state index contributed by atoms with van der Waals surface area (Å²) in [5.74, 6) is -4.07. The molecular formula is C19H16F3NO6. The molecule has 7 nitrogen and oxygen atoms in total. The molecule has 0 N–H and O–H groups in total. The number of esters is 2. The summed E-state index contributed by atoms with van der Waals surface area (Å²) in [7, 11) is 0. The maximum atomic E-state index is 13.2. The third-order valence-electron chi connectivity index (χ3n) is 3.84. The molecule has 2 rings (SSSR count). The van der Waals surface area contributed by atoms with E-state index in [1.54, 1.807) is 30.3 Å². The third-order valence-corrected chi connectivity index (χ3v) is 3.84. The Balaban J connectivity index is 2.40. The van der Waals surface area contributed by atoms with E-state index < -0.39 is 45.8 Å². The van der Waals surface area contributed by atoms with Crippen LogP contribution in [0.5, 0.6) is 0 Å². The molecule has 0 aliphatic carbocycles. The van der Waals surface area contributed by atoms with Crippen LogP contribution in [-0.4, -0.2) is 23.5 Å². The van der Waals surface area contributed by atoms with Crippen molar-refractivity contribution in [2.24, 2.45) is 0 Å². The molecular weight excluding hydrogens is 395 g/mol. The van der Waals surface area contributed by atoms with Crippen LogP contribution in [0.3, 0.4) is 0 Å². The Morgan fingerprint density at radius 3 is 2.24 bits per heavy atom. The number of halogens is 3. The lowest BCUT2D eigenvalue weighted by atomic mass is 9.96. The van der Waals surface area contributed by atoms with Gasteiger partial charge in [-0.3, -0.25) is 19.7 Å². The molecule has 0 amide bonds. The second kappa shape index (κ2) is 9.18. The zero-order chi connectivity index (χ0) is 21.6. The maximum absolute atomic E-state index is 13.2. The number of rotatable bonds is 7. The number of nitrogens with zero attached hydrogens (tertiary/aromatic N) is 1. The van der Waals surface area contributed by atoms with E-state index in [1.807, 2.05) is 0 Å². The van der Waals surface area contributed by atoms with Gasteiger partial charge in [0.25, 0.3) is 5.69 Å². The zero-order valence-electron chi connectivity index (χ0n) is 15.1. The average molecular weight is 411 g/mol. The molecule has 10 heteroatoms. The van der Waals surface area contributed by atoms with Crippen molar-refractivity contribution < 1.29 is 37.2 Å². The average Bonchev–Trinajstić information content (AvgIpc) is 2.66. The predicted octanol–water partition coefficient (Wildman–Crippen LogP) is 4.00. The highest BCUT2D eigenvalue weighted by Gasteiger charge is 2.41. The fourth-order valence-electron chi connectivity index (χ4n) is 2.53. The van der Waals surface area contributed by atoms with Crippen LogP contribution in [0.1, 0.15) is 29.5 Å². The Morgan fingerprint density at radius 1 is 1.07 bits per heavy atom. The third kappa shape index (κ3) is 5.53. The molecule has 0 heterocycles. The van der Waals surface area contributed by atoms with Gasteiger partial charge in [-0.1, -0.05) is 36.4 Å². The predicted molar refractivity (Wildman–Crippen MR) is 93.7 cm³/mol. The van der Waals surface area contributed by atoms with Crippen molar-refractivity contribution in [1.29, 1.82) is 0 Å². The molecule has 0 aliphatic rings. The first-order valence-electron chi connectivity index (χ1n) is 8.37. The largest absolute Gasteiger partial charge is 0.465 e. The Bertz CT molecular complexity index is 899. The van der Waals surface area contributed by atoms with Crippen LogP contribution in [0.15, 0.2) is 48.5 Å². The maximum Gasteiger partial charge on any atom is 0.423 e. The molecule has 0 fully saturated rings. The number of carbonyl (C=O) groups excluding carboxylic acids is 2. The summed E-state index contributed by atoms with van der Waals surface area (Å²) < 4.78 is 49.5. The van der Waals surface area contributed by atoms with Crippen molar-refractivity contribution in [2.75, 3.05) is 6.61 Å². The molecule has 2 aromatic carbocycles. The van der Waals surface area contributed by atoms with Crippen LogP contribution in [0, 0.1) is 10.1 Å². The van der Waals surface area contributed by atoms with E-state index in [2.05, 4.69) is 0 Å². The second-order valence-corrected chi connectivity index (χ2v) is 5.81. The lowest BCUT2D eigenvalue weighted by Gasteiger charge is -2.17. The highest BCUT2D eigenvalue weighted by molar-refractivity contribution is 6.01. The number of hydrogen-bond donors (Lipinski definition) is 0. The molecule has 0 spiro atoms. The SMILES string of the molecule is CCOC(=O)C(C(=O)OCc1ccccc1)c1ccc([N+](=O)[O-])c(C(F)(F)F)c1. The van der Waals surface area contributed by atoms with Crippen molar-refractivity contribution in [1.82, 2.24) is 0 Å². The minimum absolute atomic E-state index is 0.125. The number of nitro benzene ring substituents is 1. The van der Waals surface area contributed by atoms with Crippen LogP contribution in [0.4, 0.5) is 18.9 Å². The van der Waals surface area contributed by atoms with Gasteiger partial charge in [0, 0.05) is 6.07 Å². The van der Waals surface area contributed by atoms with E-state index in [1.165, 1.54) is 6.92 Å². The fourth-order valence-corrected chi connectivity index (χ4v) is 2.53. The fraction of sp³-hybridized carbons (Fsp3) is 0.263. The molecule has 0 radical (unpaired) electrons. The molecule has 2 aromatic rings. The molecule has 1 atom stereocenters. The number of alkyl halides is 3. The monoisotopic (exact) mass is 411 g/mol. The van der Waals surface area contributed by atoms with E-state index in [0.29, 0.717) is 17.7 Å². The smallest absolute Gasteiger partial charge is 0.423 e. The van der Waals surface area contributed by atoms with Crippen LogP contribution in [0.2, 0.25) is 0 Å². The van der Waals surface area contributed by atoms with Gasteiger partial charge in [-0.25, -0.2) is 0 Å². The van der Waals surface area contributed by atoms with E-state index in [4.69, 9.17) is 9.47 Å². The number of benzene rings is 2. The second-order valence-electron chi connectivity index (χ2n) is 5.81. The van der Waals surface area contributed by atoms with Crippen molar-refractivity contribution in [3.63, 3.8) is 0 Å². The van der Waals surface area contributed by atoms with Gasteiger partial charge in [0.2, 0.25) is 0 Å². The van der Waals surface area contributed by atoms with Crippen molar-refractivity contribution in [2.45, 2.75) is 25.6 Å². The quantitative estimate of drug-likeness (QED) is 0.296. The van der Waals surface area contributed by atoms with Gasteiger partial charge in [-0.2, -0.15) is 13.2 Å². The van der Waals surface area contributed by atoms with Crippen LogP contribution in [-0.2, 0) is 31.8 Å². The Hall–Kier alpha value is -3.43. The van der Waals surface area contributed by atoms with Gasteiger partial charge in [-0.05, 0) is 24.1 Å². The first-order valence-corrected chi connectivity index (χ1v) is 8.37. The molecule has 29 heavy (non-hydrogen) atoms. The number of hydrogen-bond acceptors (Lipinski definition) is 6. The lowest BCUT2D eigenvalue weighted by molar-refractivity contribution is -0.388. The van der Waals surface area contributed by atoms with E-state index in [9.17, 15) is 32.9 Å². The molecule has 0 saturated carbocycles. The number of nitro groups is 1. The van der Waals surface area contributed by atoms with Crippen LogP contribution >= 0.6 is 0 Å². The summed E-state index contributed by atoms with van der Waals surface area (Å²) in [6, 6.07) is 10.3. The molecule has 0 saturated heterocycles. The first-order chi connectivity index (χ1) is 13.6. The summed E-state index contributed by atoms with van der Waals surface area (Å²) in [5, 5.41) is 10.9. The molecule has 0 aromatic heterocycles. The summed E-state index contributed by atoms with van der Waals surface area (Å²) in [6.45, 7) is 1.12. The van der Waals surface area contributed by atoms with E-state index in [0.717, 1.165) is 6.07 Å². The minimum Gasteiger partial charge on any atom is -0.465 e. The Kier molecular flexibility index (Phi) is 6.92. The minimum atomic E-state index is -5.06. The first kappa shape index (κ1) is 21.9. The Morgan fingerprint density at radius 2 is 1.69 bits per heavy atom. The van der Waals surface area contributed by atoms with Crippen LogP contribution in [0.25, 0.3) is 0 Å². The molecule has 1 unspecified atom stereocenters. The van der Waals surface area contributed by atoms with Gasteiger partial charge in [0.15, 0.2) is 5.92 Å².